The van der Waals surface area contributed by atoms with Crippen molar-refractivity contribution in [3.63, 3.8) is 0 Å². The second kappa shape index (κ2) is 8.97. The summed E-state index contributed by atoms with van der Waals surface area (Å²) in [4.78, 5) is 20.2. The van der Waals surface area contributed by atoms with Crippen molar-refractivity contribution >= 4 is 23.5 Å². The van der Waals surface area contributed by atoms with Crippen molar-refractivity contribution in [1.82, 2.24) is 9.97 Å². The highest BCUT2D eigenvalue weighted by atomic mass is 32.2. The van der Waals surface area contributed by atoms with Gasteiger partial charge < -0.3 is 5.32 Å². The molecule has 30 heavy (non-hydrogen) atoms. The Balaban J connectivity index is 1.68. The summed E-state index contributed by atoms with van der Waals surface area (Å²) in [7, 11) is 0. The Hall–Kier alpha value is -3.38. The topological polar surface area (TPSA) is 78.7 Å². The number of thioether (sulfide) groups is 1. The monoisotopic (exact) mass is 428 g/mol. The number of benzene rings is 1. The zero-order chi connectivity index (χ0) is 21.7. The minimum absolute atomic E-state index is 0.00970. The molecule has 0 atom stereocenters. The summed E-state index contributed by atoms with van der Waals surface area (Å²) in [6.07, 6.45) is -3.84. The number of aryl methyl sites for hydroxylation is 1. The zero-order valence-corrected chi connectivity index (χ0v) is 16.5. The van der Waals surface area contributed by atoms with Gasteiger partial charge in [0.1, 0.15) is 16.9 Å². The normalized spacial score (nSPS) is 11.0. The van der Waals surface area contributed by atoms with Crippen molar-refractivity contribution in [2.75, 3.05) is 11.1 Å². The van der Waals surface area contributed by atoms with Crippen molar-refractivity contribution in [3.05, 3.63) is 71.4 Å². The average Bonchev–Trinajstić information content (AvgIpc) is 2.72. The van der Waals surface area contributed by atoms with Gasteiger partial charge >= 0.3 is 6.18 Å². The summed E-state index contributed by atoms with van der Waals surface area (Å²) in [5.74, 6) is -0.545. The van der Waals surface area contributed by atoms with E-state index in [4.69, 9.17) is 0 Å². The second-order valence-electron chi connectivity index (χ2n) is 6.29. The van der Waals surface area contributed by atoms with E-state index in [1.165, 1.54) is 0 Å². The number of carbonyl (C=O) groups excluding carboxylic acids is 1. The predicted octanol–water partition coefficient (Wildman–Crippen LogP) is 5.07. The number of hydrogen-bond donors (Lipinski definition) is 1. The van der Waals surface area contributed by atoms with Crippen LogP contribution in [-0.2, 0) is 11.0 Å². The van der Waals surface area contributed by atoms with Gasteiger partial charge in [-0.3, -0.25) is 4.79 Å². The van der Waals surface area contributed by atoms with Gasteiger partial charge in [0, 0.05) is 11.8 Å². The number of amides is 1. The predicted molar refractivity (Wildman–Crippen MR) is 108 cm³/mol. The molecule has 3 rings (SSSR count). The first-order chi connectivity index (χ1) is 14.3. The van der Waals surface area contributed by atoms with Crippen LogP contribution >= 0.6 is 11.8 Å². The molecule has 0 saturated carbocycles. The maximum Gasteiger partial charge on any atom is 0.417 e. The molecule has 1 aromatic carbocycles. The van der Waals surface area contributed by atoms with Gasteiger partial charge in [-0.25, -0.2) is 9.97 Å². The molecular formula is C21H15F3N4OS. The molecule has 0 saturated heterocycles. The van der Waals surface area contributed by atoms with Gasteiger partial charge in [-0.05, 0) is 31.2 Å². The summed E-state index contributed by atoms with van der Waals surface area (Å²) in [5, 5.41) is 12.1. The van der Waals surface area contributed by atoms with Gasteiger partial charge in [0.15, 0.2) is 0 Å². The van der Waals surface area contributed by atoms with Crippen molar-refractivity contribution in [2.45, 2.75) is 18.1 Å². The first-order valence-electron chi connectivity index (χ1n) is 8.70. The lowest BCUT2D eigenvalue weighted by Gasteiger charge is -2.09. The van der Waals surface area contributed by atoms with E-state index in [0.717, 1.165) is 35.0 Å². The highest BCUT2D eigenvalue weighted by molar-refractivity contribution is 8.00. The summed E-state index contributed by atoms with van der Waals surface area (Å²) in [6.45, 7) is 1.97. The molecular weight excluding hydrogens is 413 g/mol. The number of halogens is 3. The van der Waals surface area contributed by atoms with E-state index < -0.39 is 17.6 Å². The molecule has 3 aromatic rings. The minimum atomic E-state index is -4.49. The van der Waals surface area contributed by atoms with Gasteiger partial charge in [-0.15, -0.1) is 0 Å². The number of carbonyl (C=O) groups is 1. The van der Waals surface area contributed by atoms with Crippen LogP contribution in [0.1, 0.15) is 16.7 Å². The third-order valence-corrected chi connectivity index (χ3v) is 5.02. The number of nitrogens with zero attached hydrogens (tertiary/aromatic N) is 3. The lowest BCUT2D eigenvalue weighted by atomic mass is 10.1. The maximum atomic E-state index is 12.6. The molecule has 0 radical (unpaired) electrons. The highest BCUT2D eigenvalue weighted by Gasteiger charge is 2.30. The van der Waals surface area contributed by atoms with Crippen LogP contribution in [-0.4, -0.2) is 21.6 Å². The Kier molecular flexibility index (Phi) is 6.37. The lowest BCUT2D eigenvalue weighted by molar-refractivity contribution is -0.137. The molecule has 0 bridgehead atoms. The van der Waals surface area contributed by atoms with Crippen molar-refractivity contribution in [1.29, 1.82) is 5.26 Å². The third kappa shape index (κ3) is 5.36. The first-order valence-corrected chi connectivity index (χ1v) is 9.69. The Bertz CT molecular complexity index is 1090. The number of nitriles is 1. The lowest BCUT2D eigenvalue weighted by Crippen LogP contribution is -2.16. The van der Waals surface area contributed by atoms with E-state index in [-0.39, 0.29) is 11.6 Å². The molecule has 0 unspecified atom stereocenters. The molecule has 0 spiro atoms. The van der Waals surface area contributed by atoms with Gasteiger partial charge in [-0.1, -0.05) is 41.6 Å². The van der Waals surface area contributed by atoms with Crippen molar-refractivity contribution in [3.8, 4) is 17.3 Å². The maximum absolute atomic E-state index is 12.6. The fraction of sp³-hybridized carbons (Fsp3) is 0.143. The third-order valence-electron chi connectivity index (χ3n) is 4.03. The van der Waals surface area contributed by atoms with Crippen LogP contribution in [0.25, 0.3) is 11.3 Å². The highest BCUT2D eigenvalue weighted by Crippen LogP contribution is 2.29. The van der Waals surface area contributed by atoms with Crippen LogP contribution in [0.2, 0.25) is 0 Å². The Morgan fingerprint density at radius 3 is 2.47 bits per heavy atom. The Labute approximate surface area is 175 Å². The first kappa shape index (κ1) is 21.3. The zero-order valence-electron chi connectivity index (χ0n) is 15.7. The molecule has 0 aliphatic rings. The van der Waals surface area contributed by atoms with Gasteiger partial charge in [-0.2, -0.15) is 18.4 Å². The fourth-order valence-electron chi connectivity index (χ4n) is 2.47. The molecule has 1 N–H and O–H groups in total. The van der Waals surface area contributed by atoms with E-state index in [1.54, 1.807) is 12.1 Å². The second-order valence-corrected chi connectivity index (χ2v) is 7.26. The molecule has 2 heterocycles. The van der Waals surface area contributed by atoms with Crippen LogP contribution in [0.4, 0.5) is 19.0 Å². The number of anilines is 1. The molecule has 1 amide bonds. The van der Waals surface area contributed by atoms with Crippen LogP contribution < -0.4 is 5.32 Å². The minimum Gasteiger partial charge on any atom is -0.310 e. The van der Waals surface area contributed by atoms with E-state index in [1.807, 2.05) is 37.3 Å². The fourth-order valence-corrected chi connectivity index (χ4v) is 3.24. The Morgan fingerprint density at radius 1 is 1.13 bits per heavy atom. The van der Waals surface area contributed by atoms with Gasteiger partial charge in [0.2, 0.25) is 5.91 Å². The molecule has 0 fully saturated rings. The van der Waals surface area contributed by atoms with E-state index in [2.05, 4.69) is 15.3 Å². The standard InChI is InChI=1S/C21H15F3N4OS/c1-13-2-4-14(5-3-13)17-8-6-15(10-25)20(27-17)30-12-19(29)28-18-9-7-16(11-26-18)21(22,23)24/h2-9,11H,12H2,1H3,(H,26,28,29). The number of alkyl halides is 3. The van der Waals surface area contributed by atoms with E-state index in [9.17, 15) is 23.2 Å². The van der Waals surface area contributed by atoms with Gasteiger partial charge in [0.05, 0.1) is 22.6 Å². The van der Waals surface area contributed by atoms with E-state index >= 15 is 0 Å². The number of pyridine rings is 2. The summed E-state index contributed by atoms with van der Waals surface area (Å²) in [6, 6.07) is 15.1. The summed E-state index contributed by atoms with van der Waals surface area (Å²) >= 11 is 1.06. The largest absolute Gasteiger partial charge is 0.417 e. The van der Waals surface area contributed by atoms with Crippen molar-refractivity contribution in [2.24, 2.45) is 0 Å². The molecule has 0 aliphatic carbocycles. The Morgan fingerprint density at radius 2 is 1.87 bits per heavy atom. The van der Waals surface area contributed by atoms with E-state index in [0.29, 0.717) is 22.5 Å². The van der Waals surface area contributed by atoms with Crippen LogP contribution in [0.15, 0.2) is 59.8 Å². The number of hydrogen-bond acceptors (Lipinski definition) is 5. The number of rotatable bonds is 5. The molecule has 9 heteroatoms. The van der Waals surface area contributed by atoms with Gasteiger partial charge in [0.25, 0.3) is 0 Å². The quantitative estimate of drug-likeness (QED) is 0.574. The number of aromatic nitrogens is 2. The smallest absolute Gasteiger partial charge is 0.310 e. The van der Waals surface area contributed by atoms with Crippen LogP contribution in [0.5, 0.6) is 0 Å². The van der Waals surface area contributed by atoms with Crippen LogP contribution in [0.3, 0.4) is 0 Å². The molecule has 5 nitrogen and oxygen atoms in total. The summed E-state index contributed by atoms with van der Waals surface area (Å²) < 4.78 is 37.7. The van der Waals surface area contributed by atoms with Crippen LogP contribution in [0, 0.1) is 18.3 Å². The average molecular weight is 428 g/mol. The number of nitrogens with one attached hydrogen (secondary N) is 1. The molecule has 2 aromatic heterocycles. The molecule has 152 valence electrons. The molecule has 0 aliphatic heterocycles. The summed E-state index contributed by atoms with van der Waals surface area (Å²) in [5.41, 5.74) is 2.09. The van der Waals surface area contributed by atoms with Crippen molar-refractivity contribution < 1.29 is 18.0 Å². The SMILES string of the molecule is Cc1ccc(-c2ccc(C#N)c(SCC(=O)Nc3ccc(C(F)(F)F)cn3)n2)cc1.